The van der Waals surface area contributed by atoms with Crippen LogP contribution >= 0.6 is 11.3 Å². The third kappa shape index (κ3) is 4.90. The molecule has 1 aliphatic carbocycles. The molecule has 1 fully saturated rings. The van der Waals surface area contributed by atoms with E-state index in [2.05, 4.69) is 30.8 Å². The number of thiazole rings is 1. The van der Waals surface area contributed by atoms with Crippen molar-refractivity contribution in [1.82, 2.24) is 15.2 Å². The normalized spacial score (nSPS) is 20.9. The van der Waals surface area contributed by atoms with Crippen LogP contribution in [0.1, 0.15) is 39.8 Å². The van der Waals surface area contributed by atoms with Crippen molar-refractivity contribution in [2.24, 2.45) is 4.99 Å². The second-order valence-corrected chi connectivity index (χ2v) is 10.1. The topological polar surface area (TPSA) is 115 Å². The van der Waals surface area contributed by atoms with Gasteiger partial charge in [0.05, 0.1) is 17.5 Å². The van der Waals surface area contributed by atoms with Gasteiger partial charge in [0, 0.05) is 29.0 Å². The second kappa shape index (κ2) is 9.89. The minimum atomic E-state index is -4.61. The Morgan fingerprint density at radius 3 is 2.56 bits per heavy atom. The maximum Gasteiger partial charge on any atom is 0.443 e. The van der Waals surface area contributed by atoms with Crippen molar-refractivity contribution in [3.63, 3.8) is 0 Å². The van der Waals surface area contributed by atoms with E-state index in [0.717, 1.165) is 11.1 Å². The number of nitrogens with one attached hydrogen (secondary N) is 2. The Morgan fingerprint density at radius 2 is 1.82 bits per heavy atom. The largest absolute Gasteiger partial charge is 0.443 e. The van der Waals surface area contributed by atoms with E-state index < -0.39 is 23.3 Å². The summed E-state index contributed by atoms with van der Waals surface area (Å²) >= 11 is 0.571. The summed E-state index contributed by atoms with van der Waals surface area (Å²) in [6.07, 6.45) is -4.65. The van der Waals surface area contributed by atoms with Crippen molar-refractivity contribution in [2.75, 3.05) is 17.7 Å². The minimum absolute atomic E-state index is 0.0152. The van der Waals surface area contributed by atoms with E-state index in [0.29, 0.717) is 40.5 Å². The van der Waals surface area contributed by atoms with Crippen LogP contribution in [0.3, 0.4) is 0 Å². The molecule has 1 atom stereocenters. The number of aliphatic imine (C=N–C) groups is 1. The van der Waals surface area contributed by atoms with E-state index in [-0.39, 0.29) is 29.6 Å². The summed E-state index contributed by atoms with van der Waals surface area (Å²) in [6, 6.07) is 16.5. The number of hydrogen-bond donors (Lipinski definition) is 2. The Morgan fingerprint density at radius 1 is 1.08 bits per heavy atom. The van der Waals surface area contributed by atoms with Crippen LogP contribution in [-0.4, -0.2) is 46.2 Å². The number of aromatic nitrogens is 3. The Kier molecular flexibility index (Phi) is 6.39. The maximum absolute atomic E-state index is 13.5. The molecule has 0 bridgehead atoms. The van der Waals surface area contributed by atoms with Crippen LogP contribution in [0.5, 0.6) is 0 Å². The molecule has 9 nitrogen and oxygen atoms in total. The molecule has 0 unspecified atom stereocenters. The van der Waals surface area contributed by atoms with Gasteiger partial charge in [0.2, 0.25) is 6.17 Å². The molecule has 3 heterocycles. The quantitative estimate of drug-likeness (QED) is 0.331. The molecule has 2 aromatic carbocycles. The van der Waals surface area contributed by atoms with Crippen LogP contribution in [0.15, 0.2) is 64.0 Å². The fraction of sp³-hybridized carbons (Fsp3) is 0.269. The van der Waals surface area contributed by atoms with Crippen molar-refractivity contribution in [3.05, 3.63) is 75.6 Å². The molecule has 2 N–H and O–H groups in total. The summed E-state index contributed by atoms with van der Waals surface area (Å²) in [5.41, 5.74) is 2.66. The van der Waals surface area contributed by atoms with Crippen molar-refractivity contribution in [1.29, 1.82) is 0 Å². The lowest BCUT2D eigenvalue weighted by Crippen LogP contribution is -2.32. The molecule has 200 valence electrons. The molecule has 0 radical (unpaired) electrons. The summed E-state index contributed by atoms with van der Waals surface area (Å²) < 4.78 is 51.4. The van der Waals surface area contributed by atoms with E-state index in [4.69, 9.17) is 9.15 Å². The molecule has 0 saturated heterocycles. The number of ether oxygens (including phenoxy) is 1. The van der Waals surface area contributed by atoms with Crippen molar-refractivity contribution < 1.29 is 27.1 Å². The third-order valence-electron chi connectivity index (χ3n) is 6.58. The number of nitrogens with zero attached hydrogens (tertiary/aromatic N) is 4. The molecule has 1 saturated carbocycles. The molecule has 2 aliphatic rings. The van der Waals surface area contributed by atoms with Crippen molar-refractivity contribution in [3.8, 4) is 11.6 Å². The first-order valence-electron chi connectivity index (χ1n) is 12.0. The van der Waals surface area contributed by atoms with E-state index in [1.54, 1.807) is 19.2 Å². The number of anilines is 2. The molecule has 13 heteroatoms. The third-order valence-corrected chi connectivity index (χ3v) is 7.84. The van der Waals surface area contributed by atoms with Gasteiger partial charge < -0.3 is 19.8 Å². The van der Waals surface area contributed by atoms with Gasteiger partial charge in [0.15, 0.2) is 5.01 Å². The number of hydrogen-bond acceptors (Lipinski definition) is 9. The zero-order valence-corrected chi connectivity index (χ0v) is 21.2. The van der Waals surface area contributed by atoms with Crippen LogP contribution in [-0.2, 0) is 15.7 Å². The summed E-state index contributed by atoms with van der Waals surface area (Å²) in [4.78, 5) is 21.9. The molecule has 1 amide bonds. The number of alkyl halides is 3. The van der Waals surface area contributed by atoms with Gasteiger partial charge in [-0.1, -0.05) is 53.6 Å². The standard InChI is InChI=1S/C26H21F3N6O3S/c1-37-15-11-14(12-15)20-19(32-24(39-20)26(27,28)29)23-34-35-25(38-23)33-21-22(36)30-17-10-6-5-9-16(17)18(31-21)13-7-3-2-4-8-13/h2-10,14-15,21H,11-12H2,1H3,(H,30,36)(H,33,35)/t14?,15?,21-/m1/s1. The zero-order valence-electron chi connectivity index (χ0n) is 20.4. The highest BCUT2D eigenvalue weighted by Gasteiger charge is 2.41. The summed E-state index contributed by atoms with van der Waals surface area (Å²) in [7, 11) is 1.57. The van der Waals surface area contributed by atoms with Crippen LogP contribution in [0.2, 0.25) is 0 Å². The summed E-state index contributed by atoms with van der Waals surface area (Å²) in [6.45, 7) is 0. The van der Waals surface area contributed by atoms with Gasteiger partial charge in [0.25, 0.3) is 11.8 Å². The maximum atomic E-state index is 13.5. The molecular formula is C26H21F3N6O3S. The van der Waals surface area contributed by atoms with E-state index in [9.17, 15) is 18.0 Å². The van der Waals surface area contributed by atoms with Crippen LogP contribution < -0.4 is 10.6 Å². The number of para-hydroxylation sites is 1. The van der Waals surface area contributed by atoms with Crippen LogP contribution in [0.4, 0.5) is 24.9 Å². The average molecular weight is 555 g/mol. The van der Waals surface area contributed by atoms with Crippen molar-refractivity contribution in [2.45, 2.75) is 37.2 Å². The summed E-state index contributed by atoms with van der Waals surface area (Å²) in [5, 5.41) is 12.5. The lowest BCUT2D eigenvalue weighted by molar-refractivity contribution is -0.137. The highest BCUT2D eigenvalue weighted by Crippen LogP contribution is 2.47. The van der Waals surface area contributed by atoms with Gasteiger partial charge in [-0.25, -0.2) is 9.98 Å². The number of carbonyl (C=O) groups excluding carboxylic acids is 1. The number of rotatable bonds is 6. The predicted molar refractivity (Wildman–Crippen MR) is 138 cm³/mol. The first kappa shape index (κ1) is 25.2. The second-order valence-electron chi connectivity index (χ2n) is 9.09. The van der Waals surface area contributed by atoms with E-state index >= 15 is 0 Å². The highest BCUT2D eigenvalue weighted by molar-refractivity contribution is 7.12. The van der Waals surface area contributed by atoms with Gasteiger partial charge in [-0.2, -0.15) is 13.2 Å². The molecule has 2 aromatic heterocycles. The number of amides is 1. The monoisotopic (exact) mass is 554 g/mol. The molecular weight excluding hydrogens is 533 g/mol. The number of fused-ring (bicyclic) bond motifs is 1. The lowest BCUT2D eigenvalue weighted by atomic mass is 9.80. The first-order chi connectivity index (χ1) is 18.8. The minimum Gasteiger partial charge on any atom is -0.402 e. The molecule has 4 aromatic rings. The SMILES string of the molecule is COC1CC(c2sc(C(F)(F)F)nc2-c2nnc(N[C@H]3N=C(c4ccccc4)c4ccccc4NC3=O)o2)C1. The average Bonchev–Trinajstić information content (AvgIpc) is 3.51. The Balaban J connectivity index is 1.32. The fourth-order valence-electron chi connectivity index (χ4n) is 4.53. The molecule has 0 spiro atoms. The Bertz CT molecular complexity index is 1550. The van der Waals surface area contributed by atoms with Gasteiger partial charge in [-0.05, 0) is 18.9 Å². The van der Waals surface area contributed by atoms with Gasteiger partial charge in [0.1, 0.15) is 5.69 Å². The smallest absolute Gasteiger partial charge is 0.402 e. The summed E-state index contributed by atoms with van der Waals surface area (Å²) in [5.74, 6) is -0.808. The molecule has 39 heavy (non-hydrogen) atoms. The first-order valence-corrected chi connectivity index (χ1v) is 12.9. The van der Waals surface area contributed by atoms with Gasteiger partial charge in [-0.3, -0.25) is 4.79 Å². The van der Waals surface area contributed by atoms with Gasteiger partial charge in [-0.15, -0.1) is 16.4 Å². The number of benzene rings is 2. The lowest BCUT2D eigenvalue weighted by Gasteiger charge is -2.33. The number of halogens is 3. The molecule has 6 rings (SSSR count). The zero-order chi connectivity index (χ0) is 27.1. The Labute approximate surface area is 224 Å². The van der Waals surface area contributed by atoms with Crippen molar-refractivity contribution >= 4 is 34.7 Å². The van der Waals surface area contributed by atoms with Gasteiger partial charge >= 0.3 is 12.2 Å². The Hall–Kier alpha value is -4.10. The van der Waals surface area contributed by atoms with E-state index in [1.165, 1.54) is 0 Å². The van der Waals surface area contributed by atoms with Crippen LogP contribution in [0, 0.1) is 0 Å². The number of methoxy groups -OCH3 is 1. The fourth-order valence-corrected chi connectivity index (χ4v) is 5.58. The van der Waals surface area contributed by atoms with Crippen LogP contribution in [0.25, 0.3) is 11.6 Å². The highest BCUT2D eigenvalue weighted by atomic mass is 32.1. The number of carbonyl (C=O) groups is 1. The van der Waals surface area contributed by atoms with E-state index in [1.807, 2.05) is 42.5 Å². The predicted octanol–water partition coefficient (Wildman–Crippen LogP) is 5.33. The number of benzodiazepines with no additional fused rings is 1. The molecule has 1 aliphatic heterocycles.